The number of methoxy groups -OCH3 is 1. The number of rotatable bonds is 8. The Morgan fingerprint density at radius 3 is 2.50 bits per heavy atom. The van der Waals surface area contributed by atoms with E-state index < -0.39 is 0 Å². The van der Waals surface area contributed by atoms with Crippen LogP contribution < -0.4 is 4.74 Å². The summed E-state index contributed by atoms with van der Waals surface area (Å²) in [5.74, 6) is 0.683. The summed E-state index contributed by atoms with van der Waals surface area (Å²) in [7, 11) is 1.65. The van der Waals surface area contributed by atoms with E-state index in [1.54, 1.807) is 23.3 Å². The number of hydrogen-bond donors (Lipinski definition) is 0. The van der Waals surface area contributed by atoms with Crippen LogP contribution in [0.3, 0.4) is 0 Å². The van der Waals surface area contributed by atoms with Crippen LogP contribution in [0.5, 0.6) is 5.75 Å². The molecule has 5 nitrogen and oxygen atoms in total. The molecule has 2 aromatic carbocycles. The van der Waals surface area contributed by atoms with Gasteiger partial charge >= 0.3 is 0 Å². The number of aryl methyl sites for hydroxylation is 1. The van der Waals surface area contributed by atoms with E-state index in [-0.39, 0.29) is 24.4 Å². The molecule has 4 rings (SSSR count). The highest BCUT2D eigenvalue weighted by Crippen LogP contribution is 2.38. The lowest BCUT2D eigenvalue weighted by atomic mass is 9.93. The molecule has 0 N–H and O–H groups in total. The third kappa shape index (κ3) is 5.17. The maximum absolute atomic E-state index is 13.7. The van der Waals surface area contributed by atoms with Crippen LogP contribution in [0.25, 0.3) is 0 Å². The molecule has 0 bridgehead atoms. The Hall–Kier alpha value is -3.12. The van der Waals surface area contributed by atoms with Crippen LogP contribution in [-0.4, -0.2) is 48.4 Å². The van der Waals surface area contributed by atoms with Crippen LogP contribution in [0.15, 0.2) is 60.0 Å². The fraction of sp³-hybridized carbons (Fsp3) is 0.357. The Balaban J connectivity index is 1.60. The van der Waals surface area contributed by atoms with Crippen molar-refractivity contribution in [2.24, 2.45) is 0 Å². The van der Waals surface area contributed by atoms with Crippen molar-refractivity contribution in [3.05, 3.63) is 87.1 Å². The Labute approximate surface area is 206 Å². The lowest BCUT2D eigenvalue weighted by Gasteiger charge is -2.37. The lowest BCUT2D eigenvalue weighted by molar-refractivity contribution is -0.134. The van der Waals surface area contributed by atoms with E-state index in [9.17, 15) is 9.59 Å². The summed E-state index contributed by atoms with van der Waals surface area (Å²) in [5, 5.41) is 2.10. The zero-order chi connectivity index (χ0) is 24.1. The molecule has 1 atom stereocenters. The summed E-state index contributed by atoms with van der Waals surface area (Å²) in [5.41, 5.74) is 3.97. The second-order valence-corrected chi connectivity index (χ2v) is 9.76. The van der Waals surface area contributed by atoms with Crippen LogP contribution >= 0.6 is 11.3 Å². The number of benzene rings is 2. The minimum Gasteiger partial charge on any atom is -0.497 e. The predicted molar refractivity (Wildman–Crippen MR) is 137 cm³/mol. The summed E-state index contributed by atoms with van der Waals surface area (Å²) in [6.07, 6.45) is 2.66. The van der Waals surface area contributed by atoms with Crippen molar-refractivity contribution in [3.63, 3.8) is 0 Å². The standard InChI is InChI=1S/C28H32N2O3S/c1-4-5-16-29(28(32)22-8-6-20(2)7-9-22)19-26(31)30-17-14-25-24(15-18-34-25)27(30)21-10-12-23(33-3)13-11-21/h6-13,15,18,27H,4-5,14,16-17,19H2,1-3H3. The smallest absolute Gasteiger partial charge is 0.254 e. The van der Waals surface area contributed by atoms with Crippen LogP contribution in [0.4, 0.5) is 0 Å². The summed E-state index contributed by atoms with van der Waals surface area (Å²) in [4.78, 5) is 32.0. The zero-order valence-electron chi connectivity index (χ0n) is 20.1. The molecule has 34 heavy (non-hydrogen) atoms. The summed E-state index contributed by atoms with van der Waals surface area (Å²) in [6, 6.07) is 17.5. The van der Waals surface area contributed by atoms with Crippen molar-refractivity contribution in [2.75, 3.05) is 26.7 Å². The number of fused-ring (bicyclic) bond motifs is 1. The van der Waals surface area contributed by atoms with Crippen LogP contribution in [0, 0.1) is 6.92 Å². The van der Waals surface area contributed by atoms with Gasteiger partial charge in [0, 0.05) is 23.5 Å². The molecule has 0 saturated carbocycles. The third-order valence-corrected chi connectivity index (χ3v) is 7.41. The van der Waals surface area contributed by atoms with E-state index in [4.69, 9.17) is 4.74 Å². The Bertz CT molecular complexity index is 1120. The molecule has 0 radical (unpaired) electrons. The molecule has 3 aromatic rings. The summed E-state index contributed by atoms with van der Waals surface area (Å²) in [6.45, 7) is 5.39. The van der Waals surface area contributed by atoms with Crippen molar-refractivity contribution < 1.29 is 14.3 Å². The van der Waals surface area contributed by atoms with Gasteiger partial charge in [0.1, 0.15) is 12.3 Å². The van der Waals surface area contributed by atoms with E-state index in [2.05, 4.69) is 18.4 Å². The number of hydrogen-bond acceptors (Lipinski definition) is 4. The highest BCUT2D eigenvalue weighted by atomic mass is 32.1. The quantitative estimate of drug-likeness (QED) is 0.432. The Morgan fingerprint density at radius 2 is 1.82 bits per heavy atom. The van der Waals surface area contributed by atoms with Gasteiger partial charge in [0.2, 0.25) is 5.91 Å². The van der Waals surface area contributed by atoms with Gasteiger partial charge in [-0.25, -0.2) is 0 Å². The van der Waals surface area contributed by atoms with Gasteiger partial charge < -0.3 is 14.5 Å². The van der Waals surface area contributed by atoms with E-state index in [1.165, 1.54) is 10.4 Å². The normalized spacial score (nSPS) is 15.0. The first-order valence-corrected chi connectivity index (χ1v) is 12.8. The summed E-state index contributed by atoms with van der Waals surface area (Å²) >= 11 is 1.75. The van der Waals surface area contributed by atoms with E-state index in [0.29, 0.717) is 18.7 Å². The van der Waals surface area contributed by atoms with Gasteiger partial charge in [-0.05, 0) is 66.6 Å². The van der Waals surface area contributed by atoms with Crippen LogP contribution in [0.1, 0.15) is 57.7 Å². The van der Waals surface area contributed by atoms with Crippen molar-refractivity contribution >= 4 is 23.2 Å². The maximum Gasteiger partial charge on any atom is 0.254 e. The highest BCUT2D eigenvalue weighted by molar-refractivity contribution is 7.10. The number of carbonyl (C=O) groups excluding carboxylic acids is 2. The fourth-order valence-electron chi connectivity index (χ4n) is 4.46. The second kappa shape index (κ2) is 10.9. The molecule has 1 unspecified atom stereocenters. The van der Waals surface area contributed by atoms with E-state index in [1.807, 2.05) is 60.4 Å². The number of amides is 2. The van der Waals surface area contributed by atoms with Gasteiger partial charge in [0.25, 0.3) is 5.91 Å². The van der Waals surface area contributed by atoms with E-state index >= 15 is 0 Å². The minimum atomic E-state index is -0.157. The van der Waals surface area contributed by atoms with Gasteiger partial charge in [0.05, 0.1) is 13.2 Å². The number of unbranched alkanes of at least 4 members (excludes halogenated alkanes) is 1. The molecule has 1 aliphatic rings. The molecule has 6 heteroatoms. The number of nitrogens with zero attached hydrogens (tertiary/aromatic N) is 2. The van der Waals surface area contributed by atoms with Crippen molar-refractivity contribution in [1.82, 2.24) is 9.80 Å². The molecule has 2 amide bonds. The number of carbonyl (C=O) groups is 2. The van der Waals surface area contributed by atoms with Gasteiger partial charge in [0.15, 0.2) is 0 Å². The number of ether oxygens (including phenoxy) is 1. The van der Waals surface area contributed by atoms with Crippen LogP contribution in [0.2, 0.25) is 0 Å². The molecule has 0 spiro atoms. The molecule has 178 valence electrons. The van der Waals surface area contributed by atoms with Crippen molar-refractivity contribution in [3.8, 4) is 5.75 Å². The molecule has 0 fully saturated rings. The molecule has 2 heterocycles. The van der Waals surface area contributed by atoms with Gasteiger partial charge in [-0.3, -0.25) is 9.59 Å². The van der Waals surface area contributed by atoms with Crippen molar-refractivity contribution in [2.45, 2.75) is 39.2 Å². The molecular weight excluding hydrogens is 444 g/mol. The highest BCUT2D eigenvalue weighted by Gasteiger charge is 2.34. The average molecular weight is 477 g/mol. The number of thiophene rings is 1. The minimum absolute atomic E-state index is 0.0192. The molecule has 1 aromatic heterocycles. The fourth-order valence-corrected chi connectivity index (χ4v) is 5.37. The van der Waals surface area contributed by atoms with Gasteiger partial charge in [-0.15, -0.1) is 11.3 Å². The van der Waals surface area contributed by atoms with Gasteiger partial charge in [-0.2, -0.15) is 0 Å². The van der Waals surface area contributed by atoms with Gasteiger partial charge in [-0.1, -0.05) is 43.2 Å². The predicted octanol–water partition coefficient (Wildman–Crippen LogP) is 5.48. The third-order valence-electron chi connectivity index (χ3n) is 6.41. The van der Waals surface area contributed by atoms with E-state index in [0.717, 1.165) is 36.1 Å². The van der Waals surface area contributed by atoms with Crippen molar-refractivity contribution in [1.29, 1.82) is 0 Å². The van der Waals surface area contributed by atoms with Crippen LogP contribution in [-0.2, 0) is 11.2 Å². The largest absolute Gasteiger partial charge is 0.497 e. The molecular formula is C28H32N2O3S. The summed E-state index contributed by atoms with van der Waals surface area (Å²) < 4.78 is 5.33. The lowest BCUT2D eigenvalue weighted by Crippen LogP contribution is -2.47. The molecule has 0 saturated heterocycles. The zero-order valence-corrected chi connectivity index (χ0v) is 20.9. The molecule has 0 aliphatic carbocycles. The molecule has 1 aliphatic heterocycles. The topological polar surface area (TPSA) is 49.9 Å². The Morgan fingerprint density at radius 1 is 1.09 bits per heavy atom. The first-order chi connectivity index (χ1) is 16.5. The monoisotopic (exact) mass is 476 g/mol. The first kappa shape index (κ1) is 24.0. The second-order valence-electron chi connectivity index (χ2n) is 8.76. The Kier molecular flexibility index (Phi) is 7.68. The average Bonchev–Trinajstić information content (AvgIpc) is 3.35. The maximum atomic E-state index is 13.7. The SMILES string of the molecule is CCCCN(CC(=O)N1CCc2sccc2C1c1ccc(OC)cc1)C(=O)c1ccc(C)cc1. The first-order valence-electron chi connectivity index (χ1n) is 11.9.